The SMILES string of the molecule is O=C(Cc1ncn[nH]1)c1ncccc1OC[C@H]1CCCN1C(=O)C1CCC(C(F)(F)F)CC1. The van der Waals surface area contributed by atoms with E-state index in [-0.39, 0.29) is 68.1 Å². The molecule has 33 heavy (non-hydrogen) atoms. The first-order chi connectivity index (χ1) is 15.8. The fourth-order valence-corrected chi connectivity index (χ4v) is 4.66. The minimum Gasteiger partial charge on any atom is -0.489 e. The highest BCUT2D eigenvalue weighted by atomic mass is 19.4. The first-order valence-corrected chi connectivity index (χ1v) is 11.2. The minimum atomic E-state index is -4.19. The first-order valence-electron chi connectivity index (χ1n) is 11.2. The summed E-state index contributed by atoms with van der Waals surface area (Å²) in [6.07, 6.45) is 0.705. The van der Waals surface area contributed by atoms with Crippen LogP contribution in [0, 0.1) is 11.8 Å². The van der Waals surface area contributed by atoms with Crippen LogP contribution in [-0.2, 0) is 11.2 Å². The number of aromatic nitrogens is 4. The summed E-state index contributed by atoms with van der Waals surface area (Å²) in [7, 11) is 0. The molecular formula is C22H26F3N5O3. The summed E-state index contributed by atoms with van der Waals surface area (Å²) in [6.45, 7) is 0.758. The third-order valence-corrected chi connectivity index (χ3v) is 6.46. The molecule has 1 saturated heterocycles. The van der Waals surface area contributed by atoms with E-state index in [1.807, 2.05) is 0 Å². The summed E-state index contributed by atoms with van der Waals surface area (Å²) >= 11 is 0. The number of Topliss-reactive ketones (excluding diaryl/α,β-unsaturated/α-hetero) is 1. The Morgan fingerprint density at radius 1 is 1.15 bits per heavy atom. The number of ether oxygens (including phenoxy) is 1. The zero-order valence-corrected chi connectivity index (χ0v) is 18.1. The number of carbonyl (C=O) groups excluding carboxylic acids is 2. The maximum Gasteiger partial charge on any atom is 0.391 e. The number of rotatable bonds is 7. The topological polar surface area (TPSA) is 101 Å². The number of pyridine rings is 1. The van der Waals surface area contributed by atoms with Gasteiger partial charge >= 0.3 is 6.18 Å². The number of ketones is 1. The summed E-state index contributed by atoms with van der Waals surface area (Å²) in [5.41, 5.74) is 0.176. The molecule has 0 unspecified atom stereocenters. The number of halogens is 3. The Morgan fingerprint density at radius 2 is 1.94 bits per heavy atom. The van der Waals surface area contributed by atoms with Crippen molar-refractivity contribution in [3.63, 3.8) is 0 Å². The van der Waals surface area contributed by atoms with E-state index in [0.717, 1.165) is 12.8 Å². The van der Waals surface area contributed by atoms with Crippen LogP contribution in [0.5, 0.6) is 5.75 Å². The van der Waals surface area contributed by atoms with Crippen molar-refractivity contribution in [2.24, 2.45) is 11.8 Å². The van der Waals surface area contributed by atoms with Gasteiger partial charge in [-0.1, -0.05) is 0 Å². The molecule has 4 rings (SSSR count). The highest BCUT2D eigenvalue weighted by Crippen LogP contribution is 2.40. The van der Waals surface area contributed by atoms with Crippen molar-refractivity contribution in [3.05, 3.63) is 36.2 Å². The molecule has 0 aromatic carbocycles. The molecule has 1 N–H and O–H groups in total. The summed E-state index contributed by atoms with van der Waals surface area (Å²) in [6, 6.07) is 3.13. The number of amides is 1. The maximum atomic E-state index is 13.0. The fourth-order valence-electron chi connectivity index (χ4n) is 4.66. The molecule has 2 aliphatic rings. The van der Waals surface area contributed by atoms with Gasteiger partial charge in [-0.3, -0.25) is 14.7 Å². The second-order valence-corrected chi connectivity index (χ2v) is 8.61. The van der Waals surface area contributed by atoms with Gasteiger partial charge in [0.2, 0.25) is 5.91 Å². The lowest BCUT2D eigenvalue weighted by atomic mass is 9.81. The van der Waals surface area contributed by atoms with Crippen molar-refractivity contribution in [1.82, 2.24) is 25.1 Å². The molecule has 178 valence electrons. The van der Waals surface area contributed by atoms with E-state index in [4.69, 9.17) is 4.74 Å². The van der Waals surface area contributed by atoms with E-state index >= 15 is 0 Å². The monoisotopic (exact) mass is 465 g/mol. The molecule has 1 amide bonds. The molecule has 0 spiro atoms. The second-order valence-electron chi connectivity index (χ2n) is 8.61. The van der Waals surface area contributed by atoms with Gasteiger partial charge in [0.15, 0.2) is 5.78 Å². The average Bonchev–Trinajstić information content (AvgIpc) is 3.49. The zero-order chi connectivity index (χ0) is 23.4. The van der Waals surface area contributed by atoms with Crippen molar-refractivity contribution >= 4 is 11.7 Å². The third-order valence-electron chi connectivity index (χ3n) is 6.46. The molecule has 1 aliphatic heterocycles. The smallest absolute Gasteiger partial charge is 0.391 e. The molecule has 2 fully saturated rings. The van der Waals surface area contributed by atoms with Crippen LogP contribution in [0.25, 0.3) is 0 Å². The van der Waals surface area contributed by atoms with E-state index in [1.165, 1.54) is 12.5 Å². The standard InChI is InChI=1S/C22H26F3N5O3/c23-22(24,25)15-7-5-14(6-8-15)21(32)30-10-2-3-16(30)12-33-18-4-1-9-26-20(18)17(31)11-19-27-13-28-29-19/h1,4,9,13-16H,2-3,5-8,10-12H2,(H,27,28,29)/t14?,15?,16-/m1/s1. The molecule has 2 aromatic rings. The first kappa shape index (κ1) is 23.2. The van der Waals surface area contributed by atoms with Crippen molar-refractivity contribution in [1.29, 1.82) is 0 Å². The molecule has 1 atom stereocenters. The van der Waals surface area contributed by atoms with Gasteiger partial charge in [0.25, 0.3) is 0 Å². The molecule has 0 bridgehead atoms. The number of carbonyl (C=O) groups is 2. The van der Waals surface area contributed by atoms with Crippen molar-refractivity contribution in [3.8, 4) is 5.75 Å². The number of hydrogen-bond donors (Lipinski definition) is 1. The maximum absolute atomic E-state index is 13.0. The predicted molar refractivity (Wildman–Crippen MR) is 110 cm³/mol. The molecule has 1 aliphatic carbocycles. The van der Waals surface area contributed by atoms with Gasteiger partial charge in [-0.2, -0.15) is 18.3 Å². The van der Waals surface area contributed by atoms with Crippen molar-refractivity contribution in [2.45, 2.75) is 57.2 Å². The van der Waals surface area contributed by atoms with Gasteiger partial charge in [-0.25, -0.2) is 9.97 Å². The largest absolute Gasteiger partial charge is 0.489 e. The highest BCUT2D eigenvalue weighted by molar-refractivity contribution is 5.97. The highest BCUT2D eigenvalue weighted by Gasteiger charge is 2.44. The van der Waals surface area contributed by atoms with E-state index in [0.29, 0.717) is 18.1 Å². The number of aromatic amines is 1. The summed E-state index contributed by atoms with van der Waals surface area (Å²) in [4.78, 5) is 35.5. The Kier molecular flexibility index (Phi) is 6.94. The number of hydrogen-bond acceptors (Lipinski definition) is 6. The number of nitrogens with one attached hydrogen (secondary N) is 1. The number of likely N-dealkylation sites (tertiary alicyclic amines) is 1. The minimum absolute atomic E-state index is 0.00125. The van der Waals surface area contributed by atoms with E-state index in [1.54, 1.807) is 17.0 Å². The Bertz CT molecular complexity index is 958. The van der Waals surface area contributed by atoms with Crippen molar-refractivity contribution in [2.75, 3.05) is 13.2 Å². The van der Waals surface area contributed by atoms with Gasteiger partial charge < -0.3 is 9.64 Å². The summed E-state index contributed by atoms with van der Waals surface area (Å²) < 4.78 is 44.7. The van der Waals surface area contributed by atoms with E-state index in [9.17, 15) is 22.8 Å². The molecule has 2 aromatic heterocycles. The predicted octanol–water partition coefficient (Wildman–Crippen LogP) is 3.36. The normalized spacial score (nSPS) is 23.5. The molecule has 1 saturated carbocycles. The summed E-state index contributed by atoms with van der Waals surface area (Å²) in [5, 5.41) is 6.36. The van der Waals surface area contributed by atoms with E-state index < -0.39 is 12.1 Å². The van der Waals surface area contributed by atoms with Crippen LogP contribution in [0.4, 0.5) is 13.2 Å². The van der Waals surface area contributed by atoms with Crippen LogP contribution < -0.4 is 4.74 Å². The molecule has 3 heterocycles. The molecule has 0 radical (unpaired) electrons. The van der Waals surface area contributed by atoms with Crippen LogP contribution in [0.2, 0.25) is 0 Å². The van der Waals surface area contributed by atoms with Crippen LogP contribution in [0.3, 0.4) is 0 Å². The number of alkyl halides is 3. The van der Waals surface area contributed by atoms with Gasteiger partial charge in [0, 0.05) is 18.7 Å². The lowest BCUT2D eigenvalue weighted by molar-refractivity contribution is -0.185. The van der Waals surface area contributed by atoms with Gasteiger partial charge in [-0.15, -0.1) is 0 Å². The number of H-pyrrole nitrogens is 1. The van der Waals surface area contributed by atoms with Gasteiger partial charge in [0.05, 0.1) is 18.4 Å². The Hall–Kier alpha value is -2.98. The van der Waals surface area contributed by atoms with Crippen LogP contribution >= 0.6 is 0 Å². The second kappa shape index (κ2) is 9.88. The lowest BCUT2D eigenvalue weighted by Gasteiger charge is -2.33. The quantitative estimate of drug-likeness (QED) is 0.630. The molecule has 11 heteroatoms. The average molecular weight is 465 g/mol. The van der Waals surface area contributed by atoms with Crippen LogP contribution in [-0.4, -0.2) is 62.1 Å². The Morgan fingerprint density at radius 3 is 2.64 bits per heavy atom. The number of nitrogens with zero attached hydrogens (tertiary/aromatic N) is 4. The third kappa shape index (κ3) is 5.51. The molecule has 8 nitrogen and oxygen atoms in total. The zero-order valence-electron chi connectivity index (χ0n) is 18.1. The van der Waals surface area contributed by atoms with Gasteiger partial charge in [0.1, 0.15) is 30.2 Å². The Labute approximate surface area is 188 Å². The lowest BCUT2D eigenvalue weighted by Crippen LogP contribution is -2.44. The van der Waals surface area contributed by atoms with Crippen LogP contribution in [0.1, 0.15) is 54.8 Å². The van der Waals surface area contributed by atoms with Crippen molar-refractivity contribution < 1.29 is 27.5 Å². The Balaban J connectivity index is 1.35. The summed E-state index contributed by atoms with van der Waals surface area (Å²) in [5.74, 6) is -1.30. The van der Waals surface area contributed by atoms with Crippen LogP contribution in [0.15, 0.2) is 24.7 Å². The van der Waals surface area contributed by atoms with Gasteiger partial charge in [-0.05, 0) is 50.7 Å². The molecular weight excluding hydrogens is 439 g/mol. The fraction of sp³-hybridized carbons (Fsp3) is 0.591. The van der Waals surface area contributed by atoms with E-state index in [2.05, 4.69) is 20.2 Å².